The molecule has 152 valence electrons. The summed E-state index contributed by atoms with van der Waals surface area (Å²) < 4.78 is 56.3. The number of hydrogen-bond donors (Lipinski definition) is 1. The summed E-state index contributed by atoms with van der Waals surface area (Å²) >= 11 is 0. The second kappa shape index (κ2) is 8.87. The molecule has 0 aliphatic rings. The van der Waals surface area contributed by atoms with Gasteiger partial charge in [-0.2, -0.15) is 18.3 Å². The molecule has 29 heavy (non-hydrogen) atoms. The number of hydrogen-bond acceptors (Lipinski definition) is 3. The van der Waals surface area contributed by atoms with E-state index in [0.717, 1.165) is 0 Å². The summed E-state index contributed by atoms with van der Waals surface area (Å²) in [7, 11) is 0. The Morgan fingerprint density at radius 1 is 1.10 bits per heavy atom. The summed E-state index contributed by atoms with van der Waals surface area (Å²) in [6, 6.07) is 14.0. The largest absolute Gasteiger partial charge is 0.411 e. The summed E-state index contributed by atoms with van der Waals surface area (Å²) in [6.07, 6.45) is -2.81. The highest BCUT2D eigenvalue weighted by atomic mass is 19.4. The SMILES string of the molecule is O=C(Nc1ccn(Cc2ccccc2F)n1)c1cccc(COCC(F)(F)F)c1. The third-order valence-corrected chi connectivity index (χ3v) is 3.90. The highest BCUT2D eigenvalue weighted by Gasteiger charge is 2.27. The molecule has 3 aromatic rings. The number of benzene rings is 2. The van der Waals surface area contributed by atoms with Gasteiger partial charge < -0.3 is 10.1 Å². The summed E-state index contributed by atoms with van der Waals surface area (Å²) in [5, 5.41) is 6.78. The van der Waals surface area contributed by atoms with E-state index in [0.29, 0.717) is 11.1 Å². The molecule has 9 heteroatoms. The van der Waals surface area contributed by atoms with Crippen LogP contribution in [0.15, 0.2) is 60.8 Å². The third-order valence-electron chi connectivity index (χ3n) is 3.90. The van der Waals surface area contributed by atoms with Crippen molar-refractivity contribution in [1.29, 1.82) is 0 Å². The minimum Gasteiger partial charge on any atom is -0.367 e. The number of rotatable bonds is 7. The number of aromatic nitrogens is 2. The van der Waals surface area contributed by atoms with Gasteiger partial charge in [0.15, 0.2) is 5.82 Å². The zero-order chi connectivity index (χ0) is 20.9. The van der Waals surface area contributed by atoms with Gasteiger partial charge in [-0.05, 0) is 23.8 Å². The molecule has 0 spiro atoms. The van der Waals surface area contributed by atoms with Crippen LogP contribution < -0.4 is 5.32 Å². The van der Waals surface area contributed by atoms with E-state index >= 15 is 0 Å². The highest BCUT2D eigenvalue weighted by molar-refractivity contribution is 6.03. The van der Waals surface area contributed by atoms with Crippen molar-refractivity contribution >= 4 is 11.7 Å². The van der Waals surface area contributed by atoms with Crippen molar-refractivity contribution in [3.05, 3.63) is 83.3 Å². The average molecular weight is 407 g/mol. The molecular weight excluding hydrogens is 390 g/mol. The van der Waals surface area contributed by atoms with Crippen LogP contribution in [0.3, 0.4) is 0 Å². The molecule has 5 nitrogen and oxygen atoms in total. The van der Waals surface area contributed by atoms with Crippen LogP contribution in [0.1, 0.15) is 21.5 Å². The first-order valence-corrected chi connectivity index (χ1v) is 8.62. The van der Waals surface area contributed by atoms with Crippen LogP contribution in [0.4, 0.5) is 23.4 Å². The monoisotopic (exact) mass is 407 g/mol. The molecule has 0 bridgehead atoms. The van der Waals surface area contributed by atoms with Gasteiger partial charge in [0.1, 0.15) is 12.4 Å². The number of carbonyl (C=O) groups is 1. The Labute approximate surface area is 163 Å². The van der Waals surface area contributed by atoms with Gasteiger partial charge >= 0.3 is 6.18 Å². The smallest absolute Gasteiger partial charge is 0.367 e. The normalized spacial score (nSPS) is 11.4. The molecule has 1 aromatic heterocycles. The lowest BCUT2D eigenvalue weighted by Gasteiger charge is -2.09. The first-order chi connectivity index (χ1) is 13.8. The maximum Gasteiger partial charge on any atom is 0.411 e. The predicted molar refractivity (Wildman–Crippen MR) is 97.8 cm³/mol. The van der Waals surface area contributed by atoms with Gasteiger partial charge in [-0.1, -0.05) is 30.3 Å². The zero-order valence-electron chi connectivity index (χ0n) is 15.1. The first-order valence-electron chi connectivity index (χ1n) is 8.62. The first kappa shape index (κ1) is 20.5. The average Bonchev–Trinajstić information content (AvgIpc) is 3.10. The quantitative estimate of drug-likeness (QED) is 0.591. The lowest BCUT2D eigenvalue weighted by atomic mass is 10.1. The molecule has 1 heterocycles. The Bertz CT molecular complexity index is 986. The van der Waals surface area contributed by atoms with E-state index in [1.165, 1.54) is 22.9 Å². The molecular formula is C20H17F4N3O2. The fourth-order valence-electron chi connectivity index (χ4n) is 2.59. The van der Waals surface area contributed by atoms with Crippen LogP contribution in [0, 0.1) is 5.82 Å². The third kappa shape index (κ3) is 6.15. The summed E-state index contributed by atoms with van der Waals surface area (Å²) in [5.74, 6) is -0.554. The van der Waals surface area contributed by atoms with Crippen molar-refractivity contribution in [2.75, 3.05) is 11.9 Å². The minimum absolute atomic E-state index is 0.203. The van der Waals surface area contributed by atoms with E-state index < -0.39 is 18.7 Å². The van der Waals surface area contributed by atoms with Gasteiger partial charge in [-0.25, -0.2) is 4.39 Å². The Morgan fingerprint density at radius 2 is 1.90 bits per heavy atom. The van der Waals surface area contributed by atoms with E-state index in [2.05, 4.69) is 15.2 Å². The van der Waals surface area contributed by atoms with E-state index in [1.54, 1.807) is 42.6 Å². The molecule has 0 saturated carbocycles. The van der Waals surface area contributed by atoms with Gasteiger partial charge in [0, 0.05) is 23.4 Å². The van der Waals surface area contributed by atoms with Crippen molar-refractivity contribution < 1.29 is 27.1 Å². The van der Waals surface area contributed by atoms with Crippen molar-refractivity contribution in [2.24, 2.45) is 0 Å². The molecule has 2 aromatic carbocycles. The highest BCUT2D eigenvalue weighted by Crippen LogP contribution is 2.16. The molecule has 0 radical (unpaired) electrons. The van der Waals surface area contributed by atoms with Crippen molar-refractivity contribution in [1.82, 2.24) is 9.78 Å². The number of ether oxygens (including phenoxy) is 1. The molecule has 0 aliphatic heterocycles. The minimum atomic E-state index is -4.41. The molecule has 3 rings (SSSR count). The summed E-state index contributed by atoms with van der Waals surface area (Å²) in [4.78, 5) is 12.4. The van der Waals surface area contributed by atoms with Gasteiger partial charge in [0.2, 0.25) is 0 Å². The van der Waals surface area contributed by atoms with E-state index in [9.17, 15) is 22.4 Å². The zero-order valence-corrected chi connectivity index (χ0v) is 15.1. The van der Waals surface area contributed by atoms with Crippen LogP contribution >= 0.6 is 0 Å². The number of carbonyl (C=O) groups excluding carboxylic acids is 1. The number of nitrogens with zero attached hydrogens (tertiary/aromatic N) is 2. The van der Waals surface area contributed by atoms with Crippen molar-refractivity contribution in [2.45, 2.75) is 19.3 Å². The van der Waals surface area contributed by atoms with Crippen molar-refractivity contribution in [3.63, 3.8) is 0 Å². The molecule has 0 unspecified atom stereocenters. The van der Waals surface area contributed by atoms with E-state index in [1.807, 2.05) is 0 Å². The van der Waals surface area contributed by atoms with Gasteiger partial charge in [-0.15, -0.1) is 0 Å². The molecule has 0 saturated heterocycles. The summed E-state index contributed by atoms with van der Waals surface area (Å²) in [6.45, 7) is -1.42. The number of alkyl halides is 3. The summed E-state index contributed by atoms with van der Waals surface area (Å²) in [5.41, 5.74) is 1.15. The maximum absolute atomic E-state index is 13.7. The molecule has 0 fully saturated rings. The topological polar surface area (TPSA) is 56.2 Å². The van der Waals surface area contributed by atoms with Crippen molar-refractivity contribution in [3.8, 4) is 0 Å². The Balaban J connectivity index is 1.60. The van der Waals surface area contributed by atoms with E-state index in [-0.39, 0.29) is 30.4 Å². The van der Waals surface area contributed by atoms with Gasteiger partial charge in [0.05, 0.1) is 13.2 Å². The number of amides is 1. The molecule has 0 aliphatic carbocycles. The predicted octanol–water partition coefficient (Wildman–Crippen LogP) is 4.40. The Kier molecular flexibility index (Phi) is 6.28. The molecule has 1 amide bonds. The fourth-order valence-corrected chi connectivity index (χ4v) is 2.59. The van der Waals surface area contributed by atoms with Crippen LogP contribution in [0.5, 0.6) is 0 Å². The molecule has 1 N–H and O–H groups in total. The van der Waals surface area contributed by atoms with E-state index in [4.69, 9.17) is 0 Å². The van der Waals surface area contributed by atoms with Crippen LogP contribution in [-0.4, -0.2) is 28.5 Å². The number of halogens is 4. The van der Waals surface area contributed by atoms with Gasteiger partial charge in [0.25, 0.3) is 5.91 Å². The Hall–Kier alpha value is -3.20. The van der Waals surface area contributed by atoms with Crippen LogP contribution in [0.25, 0.3) is 0 Å². The second-order valence-corrected chi connectivity index (χ2v) is 6.25. The lowest BCUT2D eigenvalue weighted by molar-refractivity contribution is -0.176. The van der Waals surface area contributed by atoms with Crippen LogP contribution in [0.2, 0.25) is 0 Å². The fraction of sp³-hybridized carbons (Fsp3) is 0.200. The standard InChI is InChI=1S/C20H17F4N3O2/c21-17-7-2-1-5-16(17)11-27-9-8-18(26-27)25-19(28)15-6-3-4-14(10-15)12-29-13-20(22,23)24/h1-10H,11-13H2,(H,25,26,28). The van der Waals surface area contributed by atoms with Crippen LogP contribution in [-0.2, 0) is 17.9 Å². The van der Waals surface area contributed by atoms with Gasteiger partial charge in [-0.3, -0.25) is 9.48 Å². The molecule has 0 atom stereocenters. The Morgan fingerprint density at radius 3 is 2.66 bits per heavy atom. The number of nitrogens with one attached hydrogen (secondary N) is 1. The lowest BCUT2D eigenvalue weighted by Crippen LogP contribution is -2.17. The second-order valence-electron chi connectivity index (χ2n) is 6.25. The maximum atomic E-state index is 13.7. The number of anilines is 1.